The fourth-order valence-corrected chi connectivity index (χ4v) is 3.60. The smallest absolute Gasteiger partial charge is 0.0541 e. The molecule has 1 N–H and O–H groups in total. The lowest BCUT2D eigenvalue weighted by atomic mass is 9.86. The molecule has 0 aliphatic rings. The summed E-state index contributed by atoms with van der Waals surface area (Å²) in [5.41, 5.74) is 8.77. The lowest BCUT2D eigenvalue weighted by Crippen LogP contribution is -2.32. The Balaban J connectivity index is 2.42. The zero-order chi connectivity index (χ0) is 21.2. The predicted octanol–water partition coefficient (Wildman–Crippen LogP) is 7.42. The summed E-state index contributed by atoms with van der Waals surface area (Å²) in [6, 6.07) is 19.2. The topological polar surface area (TPSA) is 12.0 Å². The van der Waals surface area contributed by atoms with E-state index >= 15 is 0 Å². The minimum atomic E-state index is 0.0842. The van der Waals surface area contributed by atoms with Crippen molar-refractivity contribution >= 4 is 5.57 Å². The van der Waals surface area contributed by atoms with Crippen LogP contribution in [-0.4, -0.2) is 6.04 Å². The summed E-state index contributed by atoms with van der Waals surface area (Å²) in [5, 5.41) is 3.78. The summed E-state index contributed by atoms with van der Waals surface area (Å²) in [6.07, 6.45) is 7.63. The molecule has 1 atom stereocenters. The van der Waals surface area contributed by atoms with Gasteiger partial charge in [0, 0.05) is 6.54 Å². The number of nitrogens with one attached hydrogen (secondary N) is 1. The van der Waals surface area contributed by atoms with Gasteiger partial charge in [0.15, 0.2) is 0 Å². The van der Waals surface area contributed by atoms with Crippen molar-refractivity contribution in [1.82, 2.24) is 5.32 Å². The van der Waals surface area contributed by atoms with Crippen LogP contribution in [0, 0.1) is 6.92 Å². The van der Waals surface area contributed by atoms with Gasteiger partial charge in [-0.15, -0.1) is 0 Å². The van der Waals surface area contributed by atoms with Crippen LogP contribution in [0.1, 0.15) is 50.8 Å². The van der Waals surface area contributed by atoms with Crippen LogP contribution >= 0.6 is 0 Å². The second-order valence-corrected chi connectivity index (χ2v) is 7.45. The van der Waals surface area contributed by atoms with Gasteiger partial charge < -0.3 is 5.32 Å². The highest BCUT2D eigenvalue weighted by atomic mass is 14.9. The van der Waals surface area contributed by atoms with Crippen molar-refractivity contribution in [2.75, 3.05) is 0 Å². The van der Waals surface area contributed by atoms with Gasteiger partial charge in [-0.3, -0.25) is 0 Å². The molecule has 1 heteroatoms. The van der Waals surface area contributed by atoms with Crippen molar-refractivity contribution in [3.05, 3.63) is 113 Å². The van der Waals surface area contributed by atoms with E-state index in [1.807, 2.05) is 0 Å². The predicted molar refractivity (Wildman–Crippen MR) is 129 cm³/mol. The van der Waals surface area contributed by atoms with Crippen molar-refractivity contribution < 1.29 is 0 Å². The number of aryl methyl sites for hydroxylation is 1. The Labute approximate surface area is 177 Å². The maximum Gasteiger partial charge on any atom is 0.0541 e. The first-order valence-corrected chi connectivity index (χ1v) is 10.5. The molecule has 0 spiro atoms. The van der Waals surface area contributed by atoms with E-state index in [4.69, 9.17) is 0 Å². The Morgan fingerprint density at radius 3 is 2.24 bits per heavy atom. The van der Waals surface area contributed by atoms with Crippen LogP contribution in [0.3, 0.4) is 0 Å². The zero-order valence-corrected chi connectivity index (χ0v) is 18.6. The molecule has 0 radical (unpaired) electrons. The summed E-state index contributed by atoms with van der Waals surface area (Å²) in [4.78, 5) is 0. The van der Waals surface area contributed by atoms with Crippen LogP contribution in [0.2, 0.25) is 0 Å². The fourth-order valence-electron chi connectivity index (χ4n) is 3.60. The molecule has 2 aromatic carbocycles. The van der Waals surface area contributed by atoms with Crippen LogP contribution in [0.5, 0.6) is 0 Å². The molecule has 0 heterocycles. The van der Waals surface area contributed by atoms with E-state index in [0.29, 0.717) is 0 Å². The second kappa shape index (κ2) is 11.4. The molecule has 0 aliphatic heterocycles. The molecule has 0 aromatic heterocycles. The minimum absolute atomic E-state index is 0.0842. The SMILES string of the molecule is C=C(/C(=C/C)c1ccccc1C)C(NCc1ccccc1)/C(=C/C(C)=C\C)CC. The Morgan fingerprint density at radius 2 is 1.66 bits per heavy atom. The highest BCUT2D eigenvalue weighted by Crippen LogP contribution is 2.30. The van der Waals surface area contributed by atoms with Gasteiger partial charge in [-0.1, -0.05) is 91.9 Å². The van der Waals surface area contributed by atoms with Crippen molar-refractivity contribution in [2.24, 2.45) is 0 Å². The number of benzene rings is 2. The summed E-state index contributed by atoms with van der Waals surface area (Å²) >= 11 is 0. The highest BCUT2D eigenvalue weighted by Gasteiger charge is 2.20. The first-order chi connectivity index (χ1) is 14.0. The molecule has 1 unspecified atom stereocenters. The summed E-state index contributed by atoms with van der Waals surface area (Å²) in [6.45, 7) is 16.1. The standard InChI is InChI=1S/C28H35N/c1-7-21(4)19-25(8-2)28(29-20-24-16-11-10-12-17-24)23(6)26(9-3)27-18-14-13-15-22(27)5/h7,9-19,28-29H,6,8,20H2,1-5H3/b21-7-,25-19+,26-9-. The van der Waals surface area contributed by atoms with E-state index in [-0.39, 0.29) is 6.04 Å². The summed E-state index contributed by atoms with van der Waals surface area (Å²) in [7, 11) is 0. The highest BCUT2D eigenvalue weighted by molar-refractivity contribution is 5.81. The lowest BCUT2D eigenvalue weighted by molar-refractivity contribution is 0.625. The van der Waals surface area contributed by atoms with E-state index in [0.717, 1.165) is 18.5 Å². The van der Waals surface area contributed by atoms with E-state index in [9.17, 15) is 0 Å². The van der Waals surface area contributed by atoms with E-state index in [1.54, 1.807) is 0 Å². The monoisotopic (exact) mass is 385 g/mol. The summed E-state index contributed by atoms with van der Waals surface area (Å²) in [5.74, 6) is 0. The number of allylic oxidation sites excluding steroid dienone is 4. The Bertz CT molecular complexity index is 897. The van der Waals surface area contributed by atoms with Gasteiger partial charge >= 0.3 is 0 Å². The molecule has 0 amide bonds. The maximum absolute atomic E-state index is 4.57. The third-order valence-corrected chi connectivity index (χ3v) is 5.42. The van der Waals surface area contributed by atoms with Crippen LogP contribution in [0.4, 0.5) is 0 Å². The van der Waals surface area contributed by atoms with Crippen LogP contribution in [0.15, 0.2) is 96.1 Å². The number of hydrogen-bond donors (Lipinski definition) is 1. The number of rotatable bonds is 9. The number of hydrogen-bond acceptors (Lipinski definition) is 1. The molecule has 29 heavy (non-hydrogen) atoms. The Kier molecular flexibility index (Phi) is 8.89. The van der Waals surface area contributed by atoms with Gasteiger partial charge in [0.25, 0.3) is 0 Å². The molecule has 0 bridgehead atoms. The molecular weight excluding hydrogens is 350 g/mol. The lowest BCUT2D eigenvalue weighted by Gasteiger charge is -2.27. The first-order valence-electron chi connectivity index (χ1n) is 10.5. The normalized spacial score (nSPS) is 14.0. The average Bonchev–Trinajstić information content (AvgIpc) is 2.75. The minimum Gasteiger partial charge on any atom is -0.302 e. The van der Waals surface area contributed by atoms with Crippen molar-refractivity contribution in [1.29, 1.82) is 0 Å². The zero-order valence-electron chi connectivity index (χ0n) is 18.6. The molecule has 0 saturated heterocycles. The average molecular weight is 386 g/mol. The van der Waals surface area contributed by atoms with E-state index in [2.05, 4.69) is 119 Å². The third kappa shape index (κ3) is 6.17. The largest absolute Gasteiger partial charge is 0.302 e. The van der Waals surface area contributed by atoms with Crippen molar-refractivity contribution in [2.45, 2.75) is 53.6 Å². The second-order valence-electron chi connectivity index (χ2n) is 7.45. The van der Waals surface area contributed by atoms with Gasteiger partial charge in [-0.05, 0) is 67.5 Å². The van der Waals surface area contributed by atoms with Gasteiger partial charge in [0.2, 0.25) is 0 Å². The molecule has 1 nitrogen and oxygen atoms in total. The van der Waals surface area contributed by atoms with E-state index < -0.39 is 0 Å². The summed E-state index contributed by atoms with van der Waals surface area (Å²) < 4.78 is 0. The third-order valence-electron chi connectivity index (χ3n) is 5.42. The fraction of sp³-hybridized carbons (Fsp3) is 0.286. The van der Waals surface area contributed by atoms with Crippen LogP contribution < -0.4 is 5.32 Å². The molecule has 2 aromatic rings. The van der Waals surface area contributed by atoms with Crippen molar-refractivity contribution in [3.63, 3.8) is 0 Å². The van der Waals surface area contributed by atoms with Gasteiger partial charge in [-0.25, -0.2) is 0 Å². The van der Waals surface area contributed by atoms with Crippen LogP contribution in [0.25, 0.3) is 5.57 Å². The molecule has 152 valence electrons. The molecule has 2 rings (SSSR count). The Morgan fingerprint density at radius 1 is 1.00 bits per heavy atom. The van der Waals surface area contributed by atoms with Crippen molar-refractivity contribution in [3.8, 4) is 0 Å². The van der Waals surface area contributed by atoms with Gasteiger partial charge in [0.1, 0.15) is 0 Å². The van der Waals surface area contributed by atoms with Gasteiger partial charge in [-0.2, -0.15) is 0 Å². The van der Waals surface area contributed by atoms with E-state index in [1.165, 1.54) is 33.4 Å². The quantitative estimate of drug-likeness (QED) is 0.443. The molecule has 0 saturated carbocycles. The molecular formula is C28H35N. The maximum atomic E-state index is 4.57. The Hall–Kier alpha value is -2.64. The molecule has 0 fully saturated rings. The first kappa shape index (κ1) is 22.6. The van der Waals surface area contributed by atoms with Gasteiger partial charge in [0.05, 0.1) is 6.04 Å². The molecule has 0 aliphatic carbocycles. The van der Waals surface area contributed by atoms with Crippen LogP contribution in [-0.2, 0) is 6.54 Å².